The molecule has 7 heteroatoms. The first kappa shape index (κ1) is 16.8. The van der Waals surface area contributed by atoms with Gasteiger partial charge in [0.1, 0.15) is 6.04 Å². The predicted octanol–water partition coefficient (Wildman–Crippen LogP) is 3.04. The third-order valence-electron chi connectivity index (χ3n) is 3.56. The topological polar surface area (TPSA) is 56.1 Å². The van der Waals surface area contributed by atoms with Gasteiger partial charge < -0.3 is 4.74 Å². The average molecular weight is 342 g/mol. The molecule has 2 aromatic rings. The van der Waals surface area contributed by atoms with Crippen LogP contribution in [0.15, 0.2) is 24.4 Å². The van der Waals surface area contributed by atoms with Crippen molar-refractivity contribution in [2.24, 2.45) is 7.05 Å². The lowest BCUT2D eigenvalue weighted by Crippen LogP contribution is -2.29. The second-order valence-corrected chi connectivity index (χ2v) is 5.64. The maximum Gasteiger partial charge on any atom is 0.327 e. The summed E-state index contributed by atoms with van der Waals surface area (Å²) in [6, 6.07) is 4.47. The largest absolute Gasteiger partial charge is 0.468 e. The molecule has 0 aliphatic carbocycles. The quantitative estimate of drug-likeness (QED) is 0.849. The summed E-state index contributed by atoms with van der Waals surface area (Å²) in [5, 5.41) is 8.07. The summed E-state index contributed by atoms with van der Waals surface area (Å²) < 4.78 is 6.64. The number of ether oxygens (including phenoxy) is 1. The van der Waals surface area contributed by atoms with Gasteiger partial charge in [0.15, 0.2) is 0 Å². The van der Waals surface area contributed by atoms with E-state index < -0.39 is 12.0 Å². The molecule has 2 rings (SSSR count). The van der Waals surface area contributed by atoms with Gasteiger partial charge >= 0.3 is 5.97 Å². The Hall–Kier alpha value is -1.56. The summed E-state index contributed by atoms with van der Waals surface area (Å²) in [6.07, 6.45) is 1.76. The number of methoxy groups -OCH3 is 1. The first-order valence-corrected chi connectivity index (χ1v) is 7.44. The van der Waals surface area contributed by atoms with Crippen molar-refractivity contribution < 1.29 is 9.53 Å². The van der Waals surface area contributed by atoms with Crippen molar-refractivity contribution in [2.45, 2.75) is 19.5 Å². The maximum absolute atomic E-state index is 12.1. The maximum atomic E-state index is 12.1. The number of esters is 1. The van der Waals surface area contributed by atoms with E-state index in [1.54, 1.807) is 29.1 Å². The number of benzene rings is 1. The van der Waals surface area contributed by atoms with Crippen LogP contribution in [0.5, 0.6) is 0 Å². The number of carbonyl (C=O) groups is 1. The zero-order valence-corrected chi connectivity index (χ0v) is 14.1. The Morgan fingerprint density at radius 3 is 2.77 bits per heavy atom. The molecule has 1 N–H and O–H groups in total. The van der Waals surface area contributed by atoms with Crippen LogP contribution >= 0.6 is 23.2 Å². The van der Waals surface area contributed by atoms with Gasteiger partial charge in [-0.15, -0.1) is 0 Å². The summed E-state index contributed by atoms with van der Waals surface area (Å²) in [4.78, 5) is 12.1. The van der Waals surface area contributed by atoms with E-state index in [1.165, 1.54) is 7.11 Å². The first-order valence-electron chi connectivity index (χ1n) is 6.68. The van der Waals surface area contributed by atoms with Gasteiger partial charge in [-0.1, -0.05) is 35.3 Å². The van der Waals surface area contributed by atoms with E-state index in [1.807, 2.05) is 14.0 Å². The number of hydrogen-bond donors (Lipinski definition) is 1. The number of rotatable bonds is 5. The molecule has 0 saturated heterocycles. The highest BCUT2D eigenvalue weighted by atomic mass is 35.5. The summed E-state index contributed by atoms with van der Waals surface area (Å²) >= 11 is 12.2. The van der Waals surface area contributed by atoms with Gasteiger partial charge in [-0.25, -0.2) is 4.79 Å². The molecule has 5 nitrogen and oxygen atoms in total. The van der Waals surface area contributed by atoms with Crippen LogP contribution < -0.4 is 5.32 Å². The first-order chi connectivity index (χ1) is 10.5. The van der Waals surface area contributed by atoms with Crippen molar-refractivity contribution in [3.63, 3.8) is 0 Å². The Balaban J connectivity index is 2.25. The van der Waals surface area contributed by atoms with Gasteiger partial charge in [0.05, 0.1) is 23.4 Å². The summed E-state index contributed by atoms with van der Waals surface area (Å²) in [6.45, 7) is 2.42. The number of aromatic nitrogens is 2. The van der Waals surface area contributed by atoms with Crippen LogP contribution in [0, 0.1) is 6.92 Å². The number of halogens is 2. The number of aryl methyl sites for hydroxylation is 1. The lowest BCUT2D eigenvalue weighted by Gasteiger charge is -2.18. The van der Waals surface area contributed by atoms with E-state index in [0.717, 1.165) is 11.3 Å². The molecule has 1 aromatic carbocycles. The molecule has 22 heavy (non-hydrogen) atoms. The Morgan fingerprint density at radius 1 is 1.45 bits per heavy atom. The van der Waals surface area contributed by atoms with E-state index in [9.17, 15) is 4.79 Å². The van der Waals surface area contributed by atoms with Crippen molar-refractivity contribution in [2.75, 3.05) is 7.11 Å². The molecular weight excluding hydrogens is 325 g/mol. The molecule has 0 spiro atoms. The van der Waals surface area contributed by atoms with Crippen LogP contribution in [0.3, 0.4) is 0 Å². The van der Waals surface area contributed by atoms with E-state index in [2.05, 4.69) is 10.4 Å². The standard InChI is InChI=1S/C15H17Cl2N3O2/c1-9-10(8-19-20(9)2)7-18-14(15(21)22-3)11-5-4-6-12(16)13(11)17/h4-6,8,14,18H,7H2,1-3H3. The third-order valence-corrected chi connectivity index (χ3v) is 4.40. The van der Waals surface area contributed by atoms with Gasteiger partial charge in [-0.05, 0) is 13.0 Å². The van der Waals surface area contributed by atoms with Gasteiger partial charge in [0.2, 0.25) is 0 Å². The zero-order valence-electron chi connectivity index (χ0n) is 12.6. The minimum atomic E-state index is -0.698. The molecule has 0 saturated carbocycles. The van der Waals surface area contributed by atoms with Crippen LogP contribution in [0.25, 0.3) is 0 Å². The Kier molecular flexibility index (Phi) is 5.45. The molecule has 0 amide bonds. The molecule has 0 fully saturated rings. The van der Waals surface area contributed by atoms with E-state index >= 15 is 0 Å². The summed E-state index contributed by atoms with van der Waals surface area (Å²) in [5.41, 5.74) is 2.60. The van der Waals surface area contributed by atoms with Crippen molar-refractivity contribution in [1.82, 2.24) is 15.1 Å². The summed E-state index contributed by atoms with van der Waals surface area (Å²) in [7, 11) is 3.20. The molecule has 0 aliphatic rings. The minimum absolute atomic E-state index is 0.343. The monoisotopic (exact) mass is 341 g/mol. The third kappa shape index (κ3) is 3.43. The van der Waals surface area contributed by atoms with E-state index in [4.69, 9.17) is 27.9 Å². The van der Waals surface area contributed by atoms with Crippen molar-refractivity contribution >= 4 is 29.2 Å². The lowest BCUT2D eigenvalue weighted by molar-refractivity contribution is -0.143. The van der Waals surface area contributed by atoms with Crippen LogP contribution in [-0.4, -0.2) is 22.9 Å². The second kappa shape index (κ2) is 7.13. The molecule has 0 radical (unpaired) electrons. The van der Waals surface area contributed by atoms with Crippen LogP contribution in [0.1, 0.15) is 22.9 Å². The Morgan fingerprint density at radius 2 is 2.18 bits per heavy atom. The van der Waals surface area contributed by atoms with Gasteiger partial charge in [0, 0.05) is 30.4 Å². The molecule has 0 bridgehead atoms. The molecule has 1 aromatic heterocycles. The van der Waals surface area contributed by atoms with Crippen LogP contribution in [0.4, 0.5) is 0 Å². The molecular formula is C15H17Cl2N3O2. The number of nitrogens with one attached hydrogen (secondary N) is 1. The highest BCUT2D eigenvalue weighted by Crippen LogP contribution is 2.30. The van der Waals surface area contributed by atoms with Gasteiger partial charge in [-0.3, -0.25) is 10.00 Å². The fourth-order valence-corrected chi connectivity index (χ4v) is 2.53. The van der Waals surface area contributed by atoms with Gasteiger partial charge in [0.25, 0.3) is 0 Å². The van der Waals surface area contributed by atoms with Crippen LogP contribution in [-0.2, 0) is 23.1 Å². The van der Waals surface area contributed by atoms with Gasteiger partial charge in [-0.2, -0.15) is 5.10 Å². The second-order valence-electron chi connectivity index (χ2n) is 4.86. The highest BCUT2D eigenvalue weighted by molar-refractivity contribution is 6.42. The van der Waals surface area contributed by atoms with Crippen molar-refractivity contribution in [3.8, 4) is 0 Å². The Bertz CT molecular complexity index is 685. The molecule has 1 unspecified atom stereocenters. The average Bonchev–Trinajstić information content (AvgIpc) is 2.83. The number of hydrogen-bond acceptors (Lipinski definition) is 4. The van der Waals surface area contributed by atoms with Crippen LogP contribution in [0.2, 0.25) is 10.0 Å². The van der Waals surface area contributed by atoms with E-state index in [0.29, 0.717) is 22.2 Å². The fraction of sp³-hybridized carbons (Fsp3) is 0.333. The fourth-order valence-electron chi connectivity index (χ4n) is 2.11. The van der Waals surface area contributed by atoms with Crippen molar-refractivity contribution in [1.29, 1.82) is 0 Å². The van der Waals surface area contributed by atoms with Crippen molar-refractivity contribution in [3.05, 3.63) is 51.3 Å². The smallest absolute Gasteiger partial charge is 0.327 e. The zero-order chi connectivity index (χ0) is 16.3. The minimum Gasteiger partial charge on any atom is -0.468 e. The molecule has 1 atom stereocenters. The molecule has 1 heterocycles. The SMILES string of the molecule is COC(=O)C(NCc1cnn(C)c1C)c1cccc(Cl)c1Cl. The predicted molar refractivity (Wildman–Crippen MR) is 86.0 cm³/mol. The lowest BCUT2D eigenvalue weighted by atomic mass is 10.1. The number of nitrogens with zero attached hydrogens (tertiary/aromatic N) is 2. The number of carbonyl (C=O) groups excluding carboxylic acids is 1. The molecule has 118 valence electrons. The normalized spacial score (nSPS) is 12.2. The summed E-state index contributed by atoms with van der Waals surface area (Å²) in [5.74, 6) is -0.425. The highest BCUT2D eigenvalue weighted by Gasteiger charge is 2.24. The Labute approximate surface area is 139 Å². The van der Waals surface area contributed by atoms with E-state index in [-0.39, 0.29) is 0 Å². The molecule has 0 aliphatic heterocycles.